The largest absolute Gasteiger partial charge is 0.376 e. The number of carbonyl (C=O) groups is 2. The van der Waals surface area contributed by atoms with Gasteiger partial charge in [0, 0.05) is 17.5 Å². The second kappa shape index (κ2) is 10.2. The molecule has 2 aromatic heterocycles. The van der Waals surface area contributed by atoms with Crippen molar-refractivity contribution in [2.45, 2.75) is 76.4 Å². The van der Waals surface area contributed by atoms with Crippen LogP contribution in [0, 0.1) is 12.8 Å². The zero-order chi connectivity index (χ0) is 24.5. The van der Waals surface area contributed by atoms with Crippen molar-refractivity contribution in [2.24, 2.45) is 5.92 Å². The number of anilines is 1. The van der Waals surface area contributed by atoms with E-state index in [0.29, 0.717) is 22.2 Å². The van der Waals surface area contributed by atoms with Crippen molar-refractivity contribution in [1.82, 2.24) is 15.6 Å². The molecule has 184 valence electrons. The van der Waals surface area contributed by atoms with E-state index in [0.717, 1.165) is 41.9 Å². The Labute approximate surface area is 206 Å². The van der Waals surface area contributed by atoms with E-state index in [1.54, 1.807) is 18.3 Å². The summed E-state index contributed by atoms with van der Waals surface area (Å²) in [7, 11) is 0. The number of carbonyl (C=O) groups excluding carboxylic acids is 2. The van der Waals surface area contributed by atoms with Crippen molar-refractivity contribution < 1.29 is 18.4 Å². The average Bonchev–Trinajstić information content (AvgIpc) is 3.22. The van der Waals surface area contributed by atoms with Gasteiger partial charge in [0.05, 0.1) is 33.4 Å². The highest BCUT2D eigenvalue weighted by molar-refractivity contribution is 7.14. The molecule has 2 aliphatic carbocycles. The Morgan fingerprint density at radius 2 is 2.00 bits per heavy atom. The van der Waals surface area contributed by atoms with Crippen LogP contribution in [-0.2, 0) is 4.79 Å². The van der Waals surface area contributed by atoms with Crippen LogP contribution in [-0.4, -0.2) is 34.8 Å². The molecule has 0 saturated heterocycles. The van der Waals surface area contributed by atoms with Gasteiger partial charge in [0.1, 0.15) is 6.04 Å². The van der Waals surface area contributed by atoms with E-state index < -0.39 is 23.9 Å². The lowest BCUT2D eigenvalue weighted by molar-refractivity contribution is -0.124. The molecule has 2 fully saturated rings. The number of alkyl halides is 2. The van der Waals surface area contributed by atoms with Gasteiger partial charge in [-0.1, -0.05) is 37.3 Å². The molecule has 6 nitrogen and oxygen atoms in total. The van der Waals surface area contributed by atoms with Gasteiger partial charge in [0.15, 0.2) is 0 Å². The minimum atomic E-state index is -2.85. The lowest BCUT2D eigenvalue weighted by Crippen LogP contribution is -2.48. The Kier molecular flexibility index (Phi) is 7.42. The first-order valence-corrected chi connectivity index (χ1v) is 12.8. The first-order valence-electron chi connectivity index (χ1n) is 11.6. The molecule has 2 saturated carbocycles. The molecule has 2 aromatic rings. The molecular weight excluding hydrogens is 482 g/mol. The molecule has 34 heavy (non-hydrogen) atoms. The van der Waals surface area contributed by atoms with Gasteiger partial charge in [-0.25, -0.2) is 8.78 Å². The van der Waals surface area contributed by atoms with Crippen LogP contribution >= 0.6 is 22.9 Å². The van der Waals surface area contributed by atoms with Gasteiger partial charge in [-0.2, -0.15) is 0 Å². The van der Waals surface area contributed by atoms with Gasteiger partial charge in [-0.15, -0.1) is 11.3 Å². The number of nitrogens with one attached hydrogen (secondary N) is 3. The average molecular weight is 511 g/mol. The van der Waals surface area contributed by atoms with E-state index in [1.165, 1.54) is 11.3 Å². The van der Waals surface area contributed by atoms with E-state index in [4.69, 9.17) is 11.6 Å². The topological polar surface area (TPSA) is 83.1 Å². The summed E-state index contributed by atoms with van der Waals surface area (Å²) in [6, 6.07) is 3.33. The third-order valence-electron chi connectivity index (χ3n) is 6.51. The van der Waals surface area contributed by atoms with Crippen LogP contribution in [0.4, 0.5) is 14.5 Å². The molecular formula is C24H29ClF2N4O2S. The van der Waals surface area contributed by atoms with Crippen LogP contribution in [0.15, 0.2) is 24.4 Å². The maximum atomic E-state index is 13.3. The summed E-state index contributed by atoms with van der Waals surface area (Å²) in [6.45, 7) is 3.85. The summed E-state index contributed by atoms with van der Waals surface area (Å²) in [5, 5.41) is 9.10. The number of nitrogens with zero attached hydrogens (tertiary/aromatic N) is 1. The Morgan fingerprint density at radius 1 is 1.29 bits per heavy atom. The van der Waals surface area contributed by atoms with Gasteiger partial charge in [-0.3, -0.25) is 14.6 Å². The minimum absolute atomic E-state index is 0.0970. The number of thiophene rings is 1. The summed E-state index contributed by atoms with van der Waals surface area (Å²) in [4.78, 5) is 31.3. The predicted molar refractivity (Wildman–Crippen MR) is 130 cm³/mol. The summed E-state index contributed by atoms with van der Waals surface area (Å²) < 4.78 is 26.6. The monoisotopic (exact) mass is 510 g/mol. The van der Waals surface area contributed by atoms with E-state index >= 15 is 0 Å². The molecule has 3 unspecified atom stereocenters. The van der Waals surface area contributed by atoms with Crippen molar-refractivity contribution in [3.8, 4) is 0 Å². The highest BCUT2D eigenvalue weighted by Gasteiger charge is 2.58. The molecule has 10 heteroatoms. The van der Waals surface area contributed by atoms with Crippen molar-refractivity contribution >= 4 is 40.4 Å². The van der Waals surface area contributed by atoms with E-state index in [1.807, 2.05) is 19.9 Å². The maximum absolute atomic E-state index is 13.3. The fraction of sp³-hybridized carbons (Fsp3) is 0.542. The molecule has 2 aliphatic rings. The quantitative estimate of drug-likeness (QED) is 0.417. The number of hydrogen-bond acceptors (Lipinski definition) is 5. The first kappa shape index (κ1) is 24.9. The fourth-order valence-electron chi connectivity index (χ4n) is 4.35. The van der Waals surface area contributed by atoms with Gasteiger partial charge in [0.25, 0.3) is 11.8 Å². The van der Waals surface area contributed by atoms with Crippen LogP contribution in [0.1, 0.15) is 71.7 Å². The minimum Gasteiger partial charge on any atom is -0.376 e. The van der Waals surface area contributed by atoms with Crippen LogP contribution in [0.5, 0.6) is 0 Å². The molecule has 0 radical (unpaired) electrons. The van der Waals surface area contributed by atoms with Crippen LogP contribution in [0.3, 0.4) is 0 Å². The number of aromatic nitrogens is 1. The van der Waals surface area contributed by atoms with Crippen molar-refractivity contribution in [3.05, 3.63) is 44.9 Å². The number of hydrogen-bond donors (Lipinski definition) is 3. The molecule has 2 amide bonds. The molecule has 0 bridgehead atoms. The molecule has 3 atom stereocenters. The van der Waals surface area contributed by atoms with E-state index in [2.05, 4.69) is 20.9 Å². The Morgan fingerprint density at radius 3 is 2.68 bits per heavy atom. The van der Waals surface area contributed by atoms with Crippen LogP contribution in [0.2, 0.25) is 5.02 Å². The third kappa shape index (κ3) is 6.05. The van der Waals surface area contributed by atoms with Crippen molar-refractivity contribution in [2.75, 3.05) is 5.32 Å². The second-order valence-corrected chi connectivity index (χ2v) is 10.8. The zero-order valence-corrected chi connectivity index (χ0v) is 20.7. The summed E-state index contributed by atoms with van der Waals surface area (Å²) in [6.07, 6.45) is 5.87. The van der Waals surface area contributed by atoms with Crippen LogP contribution < -0.4 is 16.0 Å². The maximum Gasteiger partial charge on any atom is 0.270 e. The third-order valence-corrected chi connectivity index (χ3v) is 7.98. The molecule has 0 aliphatic heterocycles. The molecule has 2 heterocycles. The van der Waals surface area contributed by atoms with Crippen molar-refractivity contribution in [1.29, 1.82) is 0 Å². The fourth-order valence-corrected chi connectivity index (χ4v) is 5.42. The van der Waals surface area contributed by atoms with Crippen molar-refractivity contribution in [3.63, 3.8) is 0 Å². The Balaban J connectivity index is 1.40. The lowest BCUT2D eigenvalue weighted by Gasteiger charge is -2.21. The summed E-state index contributed by atoms with van der Waals surface area (Å²) in [5.41, 5.74) is 1.62. The Hall–Kier alpha value is -2.26. The van der Waals surface area contributed by atoms with Gasteiger partial charge >= 0.3 is 0 Å². The smallest absolute Gasteiger partial charge is 0.270 e. The number of pyridine rings is 1. The number of halogens is 3. The lowest BCUT2D eigenvalue weighted by atomic mass is 9.97. The molecule has 0 aromatic carbocycles. The van der Waals surface area contributed by atoms with E-state index in [9.17, 15) is 18.4 Å². The second-order valence-electron chi connectivity index (χ2n) is 9.29. The standard InChI is InChI=1S/C24H29ClF2N4O2S/c1-13-17(10-16(25)12-28-13)29-14(2)19-7-8-20(34-19)23(33)30-18(9-15-5-3-4-6-15)22(32)31-21-11-24(21,26)27/h7-8,10,12,14-15,18,21,29H,3-6,9,11H2,1-2H3,(H,30,33)(H,31,32). The molecule has 0 spiro atoms. The normalized spacial score (nSPS) is 21.0. The molecule has 4 rings (SSSR count). The van der Waals surface area contributed by atoms with Gasteiger partial charge in [-0.05, 0) is 44.4 Å². The zero-order valence-electron chi connectivity index (χ0n) is 19.2. The predicted octanol–water partition coefficient (Wildman–Crippen LogP) is 5.48. The molecule has 3 N–H and O–H groups in total. The Bertz CT molecular complexity index is 1060. The van der Waals surface area contributed by atoms with E-state index in [-0.39, 0.29) is 18.4 Å². The summed E-state index contributed by atoms with van der Waals surface area (Å²) in [5.74, 6) is -3.43. The highest BCUT2D eigenvalue weighted by atomic mass is 35.5. The summed E-state index contributed by atoms with van der Waals surface area (Å²) >= 11 is 7.37. The van der Waals surface area contributed by atoms with Crippen LogP contribution in [0.25, 0.3) is 0 Å². The first-order chi connectivity index (χ1) is 16.1. The highest BCUT2D eigenvalue weighted by Crippen LogP contribution is 2.41. The van der Waals surface area contributed by atoms with Gasteiger partial charge < -0.3 is 16.0 Å². The number of aryl methyl sites for hydroxylation is 1. The number of amides is 2. The number of rotatable bonds is 9. The van der Waals surface area contributed by atoms with Gasteiger partial charge in [0.2, 0.25) is 5.91 Å². The SMILES string of the molecule is Cc1ncc(Cl)cc1NC(C)c1ccc(C(=O)NC(CC2CCCC2)C(=O)NC2CC2(F)F)s1.